The van der Waals surface area contributed by atoms with Gasteiger partial charge < -0.3 is 5.11 Å². The Morgan fingerprint density at radius 1 is 1.27 bits per heavy atom. The number of carboxylic acids is 1. The highest BCUT2D eigenvalue weighted by atomic mass is 16.4. The Kier molecular flexibility index (Phi) is 4.10. The van der Waals surface area contributed by atoms with Gasteiger partial charge in [-0.2, -0.15) is 0 Å². The number of rotatable bonds is 4. The second-order valence-electron chi connectivity index (χ2n) is 3.80. The van der Waals surface area contributed by atoms with E-state index in [-0.39, 0.29) is 6.42 Å². The maximum absolute atomic E-state index is 10.4. The van der Waals surface area contributed by atoms with Gasteiger partial charge in [-0.05, 0) is 25.8 Å². The van der Waals surface area contributed by atoms with Gasteiger partial charge in [0.15, 0.2) is 0 Å². The van der Waals surface area contributed by atoms with Crippen molar-refractivity contribution >= 4 is 12.0 Å². The van der Waals surface area contributed by atoms with E-state index < -0.39 is 5.97 Å². The largest absolute Gasteiger partial charge is 0.481 e. The Hall–Kier alpha value is -1.57. The topological polar surface area (TPSA) is 37.3 Å². The van der Waals surface area contributed by atoms with Crippen LogP contribution in [-0.2, 0) is 4.79 Å². The Balaban J connectivity index is 2.62. The predicted octanol–water partition coefficient (Wildman–Crippen LogP) is 3.26. The summed E-state index contributed by atoms with van der Waals surface area (Å²) >= 11 is 0. The average molecular weight is 204 g/mol. The minimum absolute atomic E-state index is 0.203. The summed E-state index contributed by atoms with van der Waals surface area (Å²) in [7, 11) is 0. The van der Waals surface area contributed by atoms with Gasteiger partial charge in [-0.15, -0.1) is 0 Å². The number of hydrogen-bond donors (Lipinski definition) is 1. The van der Waals surface area contributed by atoms with Crippen LogP contribution in [0.1, 0.15) is 30.9 Å². The molecule has 15 heavy (non-hydrogen) atoms. The third kappa shape index (κ3) is 4.45. The molecule has 0 spiro atoms. The molecule has 2 heteroatoms. The fourth-order valence-corrected chi connectivity index (χ4v) is 1.32. The number of aryl methyl sites for hydroxylation is 1. The fraction of sp³-hybridized carbons (Fsp3) is 0.308. The molecule has 0 aliphatic heterocycles. The van der Waals surface area contributed by atoms with Gasteiger partial charge in [-0.3, -0.25) is 4.79 Å². The number of aliphatic carboxylic acids is 1. The molecule has 0 radical (unpaired) electrons. The molecule has 0 fully saturated rings. The highest BCUT2D eigenvalue weighted by molar-refractivity contribution is 5.67. The molecule has 0 unspecified atom stereocenters. The smallest absolute Gasteiger partial charge is 0.303 e. The standard InChI is InChI=1S/C13H16O2/c1-10-3-6-12(7-4-10)9-11(2)5-8-13(14)15/h3-4,6-7,9H,5,8H2,1-2H3,(H,14,15)/b11-9+. The minimum atomic E-state index is -0.744. The van der Waals surface area contributed by atoms with E-state index in [4.69, 9.17) is 5.11 Å². The van der Waals surface area contributed by atoms with Crippen LogP contribution in [0.2, 0.25) is 0 Å². The van der Waals surface area contributed by atoms with E-state index in [9.17, 15) is 4.79 Å². The Bertz CT molecular complexity index is 361. The van der Waals surface area contributed by atoms with Crippen LogP contribution in [0.4, 0.5) is 0 Å². The zero-order valence-corrected chi connectivity index (χ0v) is 9.16. The molecule has 0 aliphatic rings. The summed E-state index contributed by atoms with van der Waals surface area (Å²) in [6.45, 7) is 4.01. The minimum Gasteiger partial charge on any atom is -0.481 e. The van der Waals surface area contributed by atoms with Crippen molar-refractivity contribution in [3.05, 3.63) is 41.0 Å². The molecule has 0 heterocycles. The number of carbonyl (C=O) groups is 1. The second kappa shape index (κ2) is 5.35. The van der Waals surface area contributed by atoms with Crippen LogP contribution in [0.5, 0.6) is 0 Å². The number of benzene rings is 1. The van der Waals surface area contributed by atoms with Crippen LogP contribution in [0.25, 0.3) is 6.08 Å². The first-order chi connectivity index (χ1) is 7.08. The summed E-state index contributed by atoms with van der Waals surface area (Å²) in [5.41, 5.74) is 3.46. The summed E-state index contributed by atoms with van der Waals surface area (Å²) in [5, 5.41) is 8.54. The molecule has 0 bridgehead atoms. The van der Waals surface area contributed by atoms with Crippen molar-refractivity contribution in [2.45, 2.75) is 26.7 Å². The molecule has 0 aliphatic carbocycles. The molecule has 2 nitrogen and oxygen atoms in total. The number of allylic oxidation sites excluding steroid dienone is 1. The molecule has 1 aromatic carbocycles. The first kappa shape index (κ1) is 11.5. The quantitative estimate of drug-likeness (QED) is 0.817. The summed E-state index contributed by atoms with van der Waals surface area (Å²) in [4.78, 5) is 10.4. The molecular weight excluding hydrogens is 188 g/mol. The van der Waals surface area contributed by atoms with E-state index in [2.05, 4.69) is 12.1 Å². The lowest BCUT2D eigenvalue weighted by atomic mass is 10.1. The van der Waals surface area contributed by atoms with Gasteiger partial charge >= 0.3 is 5.97 Å². The van der Waals surface area contributed by atoms with Gasteiger partial charge in [0.25, 0.3) is 0 Å². The highest BCUT2D eigenvalue weighted by Gasteiger charge is 1.97. The molecule has 0 amide bonds. The zero-order valence-electron chi connectivity index (χ0n) is 9.16. The second-order valence-corrected chi connectivity index (χ2v) is 3.80. The third-order valence-electron chi connectivity index (χ3n) is 2.22. The first-order valence-electron chi connectivity index (χ1n) is 5.03. The molecule has 0 saturated heterocycles. The zero-order chi connectivity index (χ0) is 11.3. The van der Waals surface area contributed by atoms with E-state index >= 15 is 0 Å². The summed E-state index contributed by atoms with van der Waals surface area (Å²) in [5.74, 6) is -0.744. The van der Waals surface area contributed by atoms with Gasteiger partial charge in [0.1, 0.15) is 0 Å². The lowest BCUT2D eigenvalue weighted by Crippen LogP contribution is -1.94. The number of hydrogen-bond acceptors (Lipinski definition) is 1. The molecule has 1 aromatic rings. The Morgan fingerprint density at radius 2 is 1.87 bits per heavy atom. The van der Waals surface area contributed by atoms with Crippen LogP contribution < -0.4 is 0 Å². The summed E-state index contributed by atoms with van der Waals surface area (Å²) in [6.07, 6.45) is 2.85. The van der Waals surface area contributed by atoms with Crippen molar-refractivity contribution in [3.8, 4) is 0 Å². The van der Waals surface area contributed by atoms with E-state index in [0.717, 1.165) is 11.1 Å². The van der Waals surface area contributed by atoms with Crippen LogP contribution in [0.3, 0.4) is 0 Å². The highest BCUT2D eigenvalue weighted by Crippen LogP contribution is 2.11. The van der Waals surface area contributed by atoms with Crippen molar-refractivity contribution in [3.63, 3.8) is 0 Å². The van der Waals surface area contributed by atoms with Gasteiger partial charge in [-0.25, -0.2) is 0 Å². The lowest BCUT2D eigenvalue weighted by molar-refractivity contribution is -0.136. The third-order valence-corrected chi connectivity index (χ3v) is 2.22. The SMILES string of the molecule is C/C(=C\c1ccc(C)cc1)CCC(=O)O. The van der Waals surface area contributed by atoms with E-state index in [1.807, 2.05) is 32.1 Å². The van der Waals surface area contributed by atoms with Crippen molar-refractivity contribution < 1.29 is 9.90 Å². The van der Waals surface area contributed by atoms with Crippen molar-refractivity contribution in [2.75, 3.05) is 0 Å². The Morgan fingerprint density at radius 3 is 2.40 bits per heavy atom. The van der Waals surface area contributed by atoms with Crippen molar-refractivity contribution in [2.24, 2.45) is 0 Å². The summed E-state index contributed by atoms with van der Waals surface area (Å²) < 4.78 is 0. The van der Waals surface area contributed by atoms with E-state index in [1.54, 1.807) is 0 Å². The van der Waals surface area contributed by atoms with Gasteiger partial charge in [0.05, 0.1) is 0 Å². The van der Waals surface area contributed by atoms with Crippen LogP contribution in [0.15, 0.2) is 29.8 Å². The van der Waals surface area contributed by atoms with Crippen LogP contribution >= 0.6 is 0 Å². The van der Waals surface area contributed by atoms with Crippen LogP contribution in [-0.4, -0.2) is 11.1 Å². The monoisotopic (exact) mass is 204 g/mol. The van der Waals surface area contributed by atoms with Crippen molar-refractivity contribution in [1.29, 1.82) is 0 Å². The molecule has 1 N–H and O–H groups in total. The van der Waals surface area contributed by atoms with E-state index in [0.29, 0.717) is 6.42 Å². The average Bonchev–Trinajstić information content (AvgIpc) is 2.19. The fourth-order valence-electron chi connectivity index (χ4n) is 1.32. The van der Waals surface area contributed by atoms with E-state index in [1.165, 1.54) is 5.56 Å². The molecule has 0 aromatic heterocycles. The van der Waals surface area contributed by atoms with Gasteiger partial charge in [0.2, 0.25) is 0 Å². The molecule has 1 rings (SSSR count). The predicted molar refractivity (Wildman–Crippen MR) is 61.7 cm³/mol. The van der Waals surface area contributed by atoms with Crippen molar-refractivity contribution in [1.82, 2.24) is 0 Å². The first-order valence-corrected chi connectivity index (χ1v) is 5.03. The maximum atomic E-state index is 10.4. The lowest BCUT2D eigenvalue weighted by Gasteiger charge is -1.99. The Labute approximate surface area is 90.3 Å². The summed E-state index contributed by atoms with van der Waals surface area (Å²) in [6, 6.07) is 8.19. The molecule has 80 valence electrons. The maximum Gasteiger partial charge on any atom is 0.303 e. The van der Waals surface area contributed by atoms with Crippen LogP contribution in [0, 0.1) is 6.92 Å². The van der Waals surface area contributed by atoms with Gasteiger partial charge in [0, 0.05) is 6.42 Å². The molecular formula is C13H16O2. The normalized spacial score (nSPS) is 11.5. The molecule has 0 saturated carbocycles. The molecule has 0 atom stereocenters. The number of carboxylic acid groups (broad SMARTS) is 1. The van der Waals surface area contributed by atoms with Gasteiger partial charge in [-0.1, -0.05) is 41.5 Å².